The Morgan fingerprint density at radius 3 is 2.64 bits per heavy atom. The van der Waals surface area contributed by atoms with E-state index in [0.717, 1.165) is 0 Å². The number of amides is 1. The van der Waals surface area contributed by atoms with E-state index in [9.17, 15) is 9.59 Å². The summed E-state index contributed by atoms with van der Waals surface area (Å²) in [5, 5.41) is 11.2. The SMILES string of the molecule is CSCC[C@@H](NC(=O)CCN)C(=O)O. The van der Waals surface area contributed by atoms with Gasteiger partial charge in [0, 0.05) is 13.0 Å². The monoisotopic (exact) mass is 220 g/mol. The first kappa shape index (κ1) is 13.2. The van der Waals surface area contributed by atoms with E-state index in [1.54, 1.807) is 11.8 Å². The quantitative estimate of drug-likeness (QED) is 0.546. The lowest BCUT2D eigenvalue weighted by atomic mass is 10.2. The van der Waals surface area contributed by atoms with Crippen molar-refractivity contribution in [1.29, 1.82) is 0 Å². The summed E-state index contributed by atoms with van der Waals surface area (Å²) in [4.78, 5) is 21.7. The van der Waals surface area contributed by atoms with Gasteiger partial charge < -0.3 is 16.2 Å². The Morgan fingerprint density at radius 2 is 2.21 bits per heavy atom. The van der Waals surface area contributed by atoms with E-state index in [4.69, 9.17) is 10.8 Å². The first-order chi connectivity index (χ1) is 6.61. The zero-order chi connectivity index (χ0) is 11.0. The highest BCUT2D eigenvalue weighted by Crippen LogP contribution is 2.01. The predicted molar refractivity (Wildman–Crippen MR) is 56.2 cm³/mol. The molecule has 14 heavy (non-hydrogen) atoms. The summed E-state index contributed by atoms with van der Waals surface area (Å²) < 4.78 is 0. The molecule has 0 unspecified atom stereocenters. The molecule has 82 valence electrons. The number of carbonyl (C=O) groups excluding carboxylic acids is 1. The van der Waals surface area contributed by atoms with Crippen LogP contribution in [0.5, 0.6) is 0 Å². The number of carboxylic acid groups (broad SMARTS) is 1. The van der Waals surface area contributed by atoms with Crippen LogP contribution >= 0.6 is 11.8 Å². The van der Waals surface area contributed by atoms with Crippen molar-refractivity contribution in [3.63, 3.8) is 0 Å². The maximum Gasteiger partial charge on any atom is 0.326 e. The fourth-order valence-electron chi connectivity index (χ4n) is 0.891. The molecule has 0 aromatic rings. The topological polar surface area (TPSA) is 92.4 Å². The summed E-state index contributed by atoms with van der Waals surface area (Å²) in [5.41, 5.74) is 5.17. The third-order valence-electron chi connectivity index (χ3n) is 1.62. The number of nitrogens with one attached hydrogen (secondary N) is 1. The van der Waals surface area contributed by atoms with Gasteiger partial charge in [-0.2, -0.15) is 11.8 Å². The van der Waals surface area contributed by atoms with Gasteiger partial charge in [0.2, 0.25) is 5.91 Å². The molecule has 0 fully saturated rings. The largest absolute Gasteiger partial charge is 0.480 e. The van der Waals surface area contributed by atoms with Gasteiger partial charge in [-0.1, -0.05) is 0 Å². The second-order valence-corrected chi connectivity index (χ2v) is 3.76. The molecular formula is C8H16N2O3S. The van der Waals surface area contributed by atoms with Crippen LogP contribution < -0.4 is 11.1 Å². The first-order valence-electron chi connectivity index (χ1n) is 4.33. The number of thioether (sulfide) groups is 1. The maximum atomic E-state index is 11.1. The van der Waals surface area contributed by atoms with Crippen molar-refractivity contribution in [3.8, 4) is 0 Å². The average Bonchev–Trinajstić information content (AvgIpc) is 2.12. The van der Waals surface area contributed by atoms with E-state index in [1.165, 1.54) is 0 Å². The van der Waals surface area contributed by atoms with E-state index < -0.39 is 12.0 Å². The Bertz CT molecular complexity index is 199. The molecule has 0 radical (unpaired) electrons. The smallest absolute Gasteiger partial charge is 0.326 e. The molecule has 0 aliphatic heterocycles. The van der Waals surface area contributed by atoms with Crippen LogP contribution in [0, 0.1) is 0 Å². The molecular weight excluding hydrogens is 204 g/mol. The highest BCUT2D eigenvalue weighted by molar-refractivity contribution is 7.98. The van der Waals surface area contributed by atoms with Crippen LogP contribution in [0.2, 0.25) is 0 Å². The maximum absolute atomic E-state index is 11.1. The molecule has 1 atom stereocenters. The van der Waals surface area contributed by atoms with Gasteiger partial charge >= 0.3 is 5.97 Å². The number of carboxylic acids is 1. The Kier molecular flexibility index (Phi) is 7.23. The fraction of sp³-hybridized carbons (Fsp3) is 0.750. The molecule has 0 aliphatic rings. The molecule has 0 aliphatic carbocycles. The van der Waals surface area contributed by atoms with Crippen LogP contribution in [-0.4, -0.2) is 41.6 Å². The Balaban J connectivity index is 3.95. The van der Waals surface area contributed by atoms with E-state index >= 15 is 0 Å². The van der Waals surface area contributed by atoms with Crippen LogP contribution in [0.1, 0.15) is 12.8 Å². The number of aliphatic carboxylic acids is 1. The zero-order valence-corrected chi connectivity index (χ0v) is 8.97. The minimum atomic E-state index is -0.996. The van der Waals surface area contributed by atoms with Crippen LogP contribution in [-0.2, 0) is 9.59 Å². The second kappa shape index (κ2) is 7.64. The third kappa shape index (κ3) is 5.82. The van der Waals surface area contributed by atoms with Gasteiger partial charge in [0.1, 0.15) is 6.04 Å². The molecule has 0 spiro atoms. The van der Waals surface area contributed by atoms with Crippen molar-refractivity contribution in [1.82, 2.24) is 5.32 Å². The fourth-order valence-corrected chi connectivity index (χ4v) is 1.36. The Hall–Kier alpha value is -0.750. The average molecular weight is 220 g/mol. The summed E-state index contributed by atoms with van der Waals surface area (Å²) in [6.07, 6.45) is 2.50. The minimum Gasteiger partial charge on any atom is -0.480 e. The molecule has 0 rings (SSSR count). The Labute approximate surface area is 87.4 Å². The van der Waals surface area contributed by atoms with Crippen LogP contribution in [0.25, 0.3) is 0 Å². The van der Waals surface area contributed by atoms with E-state index in [1.807, 2.05) is 6.26 Å². The van der Waals surface area contributed by atoms with Gasteiger partial charge in [-0.05, 0) is 18.4 Å². The summed E-state index contributed by atoms with van der Waals surface area (Å²) in [5.74, 6) is -0.592. The molecule has 0 bridgehead atoms. The molecule has 4 N–H and O–H groups in total. The van der Waals surface area contributed by atoms with Crippen molar-refractivity contribution >= 4 is 23.6 Å². The van der Waals surface area contributed by atoms with Crippen LogP contribution in [0.3, 0.4) is 0 Å². The normalized spacial score (nSPS) is 12.1. The number of rotatable bonds is 7. The molecule has 1 amide bonds. The lowest BCUT2D eigenvalue weighted by Gasteiger charge is -2.13. The minimum absolute atomic E-state index is 0.170. The Morgan fingerprint density at radius 1 is 1.57 bits per heavy atom. The van der Waals surface area contributed by atoms with Crippen molar-refractivity contribution < 1.29 is 14.7 Å². The number of nitrogens with two attached hydrogens (primary N) is 1. The number of hydrogen-bond acceptors (Lipinski definition) is 4. The van der Waals surface area contributed by atoms with Crippen LogP contribution in [0.15, 0.2) is 0 Å². The van der Waals surface area contributed by atoms with Gasteiger partial charge in [-0.25, -0.2) is 4.79 Å². The van der Waals surface area contributed by atoms with Crippen LogP contribution in [0.4, 0.5) is 0 Å². The van der Waals surface area contributed by atoms with Gasteiger partial charge in [0.15, 0.2) is 0 Å². The molecule has 0 saturated heterocycles. The van der Waals surface area contributed by atoms with Crippen molar-refractivity contribution in [2.24, 2.45) is 5.73 Å². The molecule has 0 aromatic heterocycles. The molecule has 6 heteroatoms. The van der Waals surface area contributed by atoms with Crippen molar-refractivity contribution in [3.05, 3.63) is 0 Å². The van der Waals surface area contributed by atoms with E-state index in [2.05, 4.69) is 5.32 Å². The summed E-state index contributed by atoms with van der Waals surface area (Å²) in [6.45, 7) is 0.237. The summed E-state index contributed by atoms with van der Waals surface area (Å²) in [6, 6.07) is -0.790. The van der Waals surface area contributed by atoms with Crippen molar-refractivity contribution in [2.45, 2.75) is 18.9 Å². The number of carbonyl (C=O) groups is 2. The van der Waals surface area contributed by atoms with Gasteiger partial charge in [0.05, 0.1) is 0 Å². The lowest BCUT2D eigenvalue weighted by Crippen LogP contribution is -2.41. The van der Waals surface area contributed by atoms with Crippen molar-refractivity contribution in [2.75, 3.05) is 18.6 Å². The van der Waals surface area contributed by atoms with E-state index in [0.29, 0.717) is 12.2 Å². The highest BCUT2D eigenvalue weighted by atomic mass is 32.2. The highest BCUT2D eigenvalue weighted by Gasteiger charge is 2.18. The lowest BCUT2D eigenvalue weighted by molar-refractivity contribution is -0.141. The molecule has 0 aromatic carbocycles. The standard InChI is InChI=1S/C8H16N2O3S/c1-14-5-3-6(8(12)13)10-7(11)2-4-9/h6H,2-5,9H2,1H3,(H,10,11)(H,12,13)/t6-/m1/s1. The summed E-state index contributed by atoms with van der Waals surface area (Å²) >= 11 is 1.55. The predicted octanol–water partition coefficient (Wildman–Crippen LogP) is -0.342. The third-order valence-corrected chi connectivity index (χ3v) is 2.26. The summed E-state index contributed by atoms with van der Waals surface area (Å²) in [7, 11) is 0. The second-order valence-electron chi connectivity index (χ2n) is 2.78. The molecule has 0 heterocycles. The molecule has 0 saturated carbocycles. The van der Waals surface area contributed by atoms with Gasteiger partial charge in [-0.3, -0.25) is 4.79 Å². The number of hydrogen-bond donors (Lipinski definition) is 3. The van der Waals surface area contributed by atoms with Gasteiger partial charge in [-0.15, -0.1) is 0 Å². The van der Waals surface area contributed by atoms with Gasteiger partial charge in [0.25, 0.3) is 0 Å². The van der Waals surface area contributed by atoms with E-state index in [-0.39, 0.29) is 18.9 Å². The first-order valence-corrected chi connectivity index (χ1v) is 5.72. The zero-order valence-electron chi connectivity index (χ0n) is 8.16. The molecule has 5 nitrogen and oxygen atoms in total.